The number of aromatic nitrogens is 2. The van der Waals surface area contributed by atoms with Crippen molar-refractivity contribution in [2.45, 2.75) is 32.4 Å². The maximum Gasteiger partial charge on any atom is 0.261 e. The first-order chi connectivity index (χ1) is 12.1. The Labute approximate surface area is 145 Å². The first-order valence-corrected chi connectivity index (χ1v) is 8.26. The Morgan fingerprint density at radius 3 is 2.48 bits per heavy atom. The van der Waals surface area contributed by atoms with Gasteiger partial charge in [-0.3, -0.25) is 19.3 Å². The quantitative estimate of drug-likeness (QED) is 0.774. The van der Waals surface area contributed by atoms with E-state index in [4.69, 9.17) is 0 Å². The lowest BCUT2D eigenvalue weighted by Gasteiger charge is -2.16. The molecule has 2 heterocycles. The summed E-state index contributed by atoms with van der Waals surface area (Å²) in [5.41, 5.74) is 0.872. The molecule has 3 amide bonds. The average molecular weight is 340 g/mol. The van der Waals surface area contributed by atoms with Crippen LogP contribution in [-0.2, 0) is 11.3 Å². The minimum absolute atomic E-state index is 0.0268. The number of benzene rings is 1. The van der Waals surface area contributed by atoms with Gasteiger partial charge in [0.1, 0.15) is 0 Å². The van der Waals surface area contributed by atoms with E-state index in [0.717, 1.165) is 0 Å². The molecule has 0 spiro atoms. The fourth-order valence-electron chi connectivity index (χ4n) is 2.94. The van der Waals surface area contributed by atoms with Gasteiger partial charge in [0.25, 0.3) is 11.8 Å². The third-order valence-electron chi connectivity index (χ3n) is 4.12. The van der Waals surface area contributed by atoms with Crippen LogP contribution in [0.4, 0.5) is 0 Å². The minimum atomic E-state index is -0.283. The zero-order valence-corrected chi connectivity index (χ0v) is 14.0. The van der Waals surface area contributed by atoms with Crippen LogP contribution in [0.15, 0.2) is 43.0 Å². The predicted octanol–water partition coefficient (Wildman–Crippen LogP) is 1.46. The van der Waals surface area contributed by atoms with Crippen molar-refractivity contribution in [2.24, 2.45) is 0 Å². The Morgan fingerprint density at radius 2 is 1.88 bits per heavy atom. The summed E-state index contributed by atoms with van der Waals surface area (Å²) in [6, 6.07) is 6.76. The number of nitrogens with zero attached hydrogens (tertiary/aromatic N) is 3. The third kappa shape index (κ3) is 3.76. The van der Waals surface area contributed by atoms with E-state index >= 15 is 0 Å². The lowest BCUT2D eigenvalue weighted by atomic mass is 10.1. The van der Waals surface area contributed by atoms with Crippen molar-refractivity contribution in [3.63, 3.8) is 0 Å². The molecule has 0 saturated carbocycles. The van der Waals surface area contributed by atoms with E-state index in [9.17, 15) is 14.4 Å². The smallest absolute Gasteiger partial charge is 0.261 e. The Balaban J connectivity index is 1.45. The monoisotopic (exact) mass is 340 g/mol. The summed E-state index contributed by atoms with van der Waals surface area (Å²) in [6.07, 6.45) is 5.93. The summed E-state index contributed by atoms with van der Waals surface area (Å²) >= 11 is 0. The largest absolute Gasteiger partial charge is 0.352 e. The van der Waals surface area contributed by atoms with E-state index < -0.39 is 0 Å². The number of carbonyl (C=O) groups excluding carboxylic acids is 3. The van der Waals surface area contributed by atoms with Crippen molar-refractivity contribution in [1.82, 2.24) is 19.8 Å². The van der Waals surface area contributed by atoms with Crippen LogP contribution >= 0.6 is 0 Å². The van der Waals surface area contributed by atoms with Gasteiger partial charge >= 0.3 is 0 Å². The number of rotatable bonds is 7. The van der Waals surface area contributed by atoms with E-state index in [1.807, 2.05) is 17.7 Å². The van der Waals surface area contributed by atoms with E-state index in [2.05, 4.69) is 10.3 Å². The van der Waals surface area contributed by atoms with Crippen molar-refractivity contribution < 1.29 is 14.4 Å². The molecule has 130 valence electrons. The van der Waals surface area contributed by atoms with Crippen molar-refractivity contribution in [3.8, 4) is 0 Å². The maximum absolute atomic E-state index is 12.2. The number of imide groups is 1. The van der Waals surface area contributed by atoms with Gasteiger partial charge in [-0.25, -0.2) is 4.98 Å². The lowest BCUT2D eigenvalue weighted by Crippen LogP contribution is -2.36. The zero-order valence-electron chi connectivity index (χ0n) is 14.0. The van der Waals surface area contributed by atoms with Gasteiger partial charge in [-0.15, -0.1) is 0 Å². The highest BCUT2D eigenvalue weighted by atomic mass is 16.2. The Hall–Kier alpha value is -2.96. The van der Waals surface area contributed by atoms with Crippen molar-refractivity contribution in [3.05, 3.63) is 54.1 Å². The van der Waals surface area contributed by atoms with Gasteiger partial charge in [0.15, 0.2) is 0 Å². The van der Waals surface area contributed by atoms with E-state index in [1.54, 1.807) is 36.8 Å². The number of amides is 3. The normalized spacial score (nSPS) is 14.5. The van der Waals surface area contributed by atoms with Crippen LogP contribution in [0.2, 0.25) is 0 Å². The van der Waals surface area contributed by atoms with Crippen LogP contribution in [0, 0.1) is 0 Å². The van der Waals surface area contributed by atoms with Gasteiger partial charge in [-0.2, -0.15) is 0 Å². The highest BCUT2D eigenvalue weighted by Crippen LogP contribution is 2.22. The summed E-state index contributed by atoms with van der Waals surface area (Å²) in [6.45, 7) is 2.81. The molecule has 0 radical (unpaired) electrons. The predicted molar refractivity (Wildman–Crippen MR) is 90.9 cm³/mol. The average Bonchev–Trinajstić information content (AvgIpc) is 3.17. The van der Waals surface area contributed by atoms with Gasteiger partial charge in [0, 0.05) is 37.9 Å². The van der Waals surface area contributed by atoms with Gasteiger partial charge in [0.05, 0.1) is 17.5 Å². The molecule has 0 bridgehead atoms. The summed E-state index contributed by atoms with van der Waals surface area (Å²) in [5.74, 6) is -0.659. The van der Waals surface area contributed by atoms with Crippen molar-refractivity contribution in [2.75, 3.05) is 6.54 Å². The summed E-state index contributed by atoms with van der Waals surface area (Å²) in [4.78, 5) is 41.7. The molecule has 1 aliphatic rings. The third-order valence-corrected chi connectivity index (χ3v) is 4.12. The number of fused-ring (bicyclic) bond motifs is 1. The summed E-state index contributed by atoms with van der Waals surface area (Å²) in [5, 5.41) is 2.91. The molecule has 3 rings (SSSR count). The molecule has 1 aromatic carbocycles. The molecule has 1 unspecified atom stereocenters. The van der Waals surface area contributed by atoms with Crippen LogP contribution in [0.3, 0.4) is 0 Å². The van der Waals surface area contributed by atoms with Gasteiger partial charge < -0.3 is 9.88 Å². The van der Waals surface area contributed by atoms with E-state index in [0.29, 0.717) is 24.1 Å². The van der Waals surface area contributed by atoms with Crippen LogP contribution in [0.25, 0.3) is 0 Å². The first kappa shape index (κ1) is 16.9. The number of hydrogen-bond acceptors (Lipinski definition) is 4. The molecule has 1 aromatic heterocycles. The van der Waals surface area contributed by atoms with Crippen LogP contribution in [0.5, 0.6) is 0 Å². The van der Waals surface area contributed by atoms with Crippen LogP contribution in [0.1, 0.15) is 40.5 Å². The first-order valence-electron chi connectivity index (χ1n) is 8.26. The molecule has 7 nitrogen and oxygen atoms in total. The lowest BCUT2D eigenvalue weighted by molar-refractivity contribution is -0.121. The van der Waals surface area contributed by atoms with E-state index in [1.165, 1.54) is 4.90 Å². The van der Waals surface area contributed by atoms with Gasteiger partial charge in [-0.05, 0) is 25.5 Å². The standard InChI is InChI=1S/C18H20N4O3/c1-13(11-21-10-8-19-12-21)20-16(23)7-4-9-22-17(24)14-5-2-3-6-15(14)18(22)25/h2-3,5-6,8,10,12-13H,4,7,9,11H2,1H3,(H,20,23). The van der Waals surface area contributed by atoms with Gasteiger partial charge in [-0.1, -0.05) is 12.1 Å². The minimum Gasteiger partial charge on any atom is -0.352 e. The molecule has 1 N–H and O–H groups in total. The molecule has 0 fully saturated rings. The molecular weight excluding hydrogens is 320 g/mol. The second kappa shape index (κ2) is 7.29. The number of hydrogen-bond donors (Lipinski definition) is 1. The highest BCUT2D eigenvalue weighted by molar-refractivity contribution is 6.21. The summed E-state index contributed by atoms with van der Waals surface area (Å²) in [7, 11) is 0. The molecule has 2 aromatic rings. The molecule has 0 aliphatic carbocycles. The molecule has 7 heteroatoms. The van der Waals surface area contributed by atoms with Crippen LogP contribution < -0.4 is 5.32 Å². The maximum atomic E-state index is 12.2. The van der Waals surface area contributed by atoms with Crippen molar-refractivity contribution >= 4 is 17.7 Å². The number of nitrogens with one attached hydrogen (secondary N) is 1. The fourth-order valence-corrected chi connectivity index (χ4v) is 2.94. The van der Waals surface area contributed by atoms with Crippen LogP contribution in [-0.4, -0.2) is 44.8 Å². The number of carbonyl (C=O) groups is 3. The molecule has 1 aliphatic heterocycles. The highest BCUT2D eigenvalue weighted by Gasteiger charge is 2.34. The second-order valence-electron chi connectivity index (χ2n) is 6.14. The van der Waals surface area contributed by atoms with E-state index in [-0.39, 0.29) is 36.7 Å². The fraction of sp³-hybridized carbons (Fsp3) is 0.333. The zero-order chi connectivity index (χ0) is 17.8. The Bertz CT molecular complexity index is 750. The SMILES string of the molecule is CC(Cn1ccnc1)NC(=O)CCCN1C(=O)c2ccccc2C1=O. The molecular formula is C18H20N4O3. The second-order valence-corrected chi connectivity index (χ2v) is 6.14. The number of imidazole rings is 1. The molecule has 1 atom stereocenters. The molecule has 25 heavy (non-hydrogen) atoms. The van der Waals surface area contributed by atoms with Crippen molar-refractivity contribution in [1.29, 1.82) is 0 Å². The summed E-state index contributed by atoms with van der Waals surface area (Å²) < 4.78 is 1.89. The molecule has 0 saturated heterocycles. The Morgan fingerprint density at radius 1 is 1.20 bits per heavy atom. The topological polar surface area (TPSA) is 84.3 Å². The Kier molecular flexibility index (Phi) is 4.92. The van der Waals surface area contributed by atoms with Gasteiger partial charge in [0.2, 0.25) is 5.91 Å².